The summed E-state index contributed by atoms with van der Waals surface area (Å²) in [6, 6.07) is 1.57. The van der Waals surface area contributed by atoms with Crippen molar-refractivity contribution in [2.45, 2.75) is 19.8 Å². The third kappa shape index (κ3) is 3.83. The van der Waals surface area contributed by atoms with E-state index in [1.807, 2.05) is 0 Å². The van der Waals surface area contributed by atoms with Gasteiger partial charge >= 0.3 is 0 Å². The second-order valence-corrected chi connectivity index (χ2v) is 4.71. The number of nitrogens with one attached hydrogen (secondary N) is 1. The maximum Gasteiger partial charge on any atom is 0.256 e. The fourth-order valence-corrected chi connectivity index (χ4v) is 2.24. The molecule has 0 spiro atoms. The third-order valence-corrected chi connectivity index (χ3v) is 3.26. The first-order valence-electron chi connectivity index (χ1n) is 5.26. The zero-order chi connectivity index (χ0) is 12.0. The largest absolute Gasteiger partial charge is 0.452 e. The first kappa shape index (κ1) is 13.6. The van der Waals surface area contributed by atoms with Crippen molar-refractivity contribution >= 4 is 33.4 Å². The molecule has 0 aliphatic rings. The van der Waals surface area contributed by atoms with E-state index in [0.717, 1.165) is 18.2 Å². The summed E-state index contributed by atoms with van der Waals surface area (Å²) in [6.07, 6.45) is 3.51. The molecule has 1 N–H and O–H groups in total. The Bertz CT molecular complexity index is 340. The van der Waals surface area contributed by atoms with Crippen LogP contribution in [-0.4, -0.2) is 17.8 Å². The molecule has 0 saturated heterocycles. The molecule has 1 rings (SSSR count). The van der Waals surface area contributed by atoms with Crippen LogP contribution in [0.15, 0.2) is 16.7 Å². The summed E-state index contributed by atoms with van der Waals surface area (Å²) in [7, 11) is 0. The van der Waals surface area contributed by atoms with Gasteiger partial charge in [-0.2, -0.15) is 0 Å². The van der Waals surface area contributed by atoms with Crippen LogP contribution in [-0.2, 0) is 0 Å². The Balaban J connectivity index is 2.43. The van der Waals surface area contributed by atoms with Crippen molar-refractivity contribution in [1.29, 1.82) is 0 Å². The molecule has 0 aliphatic heterocycles. The van der Waals surface area contributed by atoms with E-state index in [1.54, 1.807) is 6.07 Å². The molecule has 1 heterocycles. The van der Waals surface area contributed by atoms with Gasteiger partial charge in [0.15, 0.2) is 0 Å². The Labute approximate surface area is 109 Å². The molecule has 0 aliphatic carbocycles. The van der Waals surface area contributed by atoms with E-state index in [1.165, 1.54) is 6.26 Å². The van der Waals surface area contributed by atoms with Crippen LogP contribution in [0.2, 0.25) is 5.22 Å². The van der Waals surface area contributed by atoms with Gasteiger partial charge in [-0.05, 0) is 30.0 Å². The zero-order valence-electron chi connectivity index (χ0n) is 9.13. The second kappa shape index (κ2) is 6.97. The molecule has 0 aromatic carbocycles. The fourth-order valence-electron chi connectivity index (χ4n) is 1.39. The summed E-state index contributed by atoms with van der Waals surface area (Å²) in [4.78, 5) is 11.7. The molecule has 3 nitrogen and oxygen atoms in total. The molecule has 0 fully saturated rings. The summed E-state index contributed by atoms with van der Waals surface area (Å²) in [5, 5.41) is 3.95. The number of hydrogen-bond donors (Lipinski definition) is 1. The zero-order valence-corrected chi connectivity index (χ0v) is 11.5. The first-order chi connectivity index (χ1) is 7.69. The Kier molecular flexibility index (Phi) is 5.91. The highest BCUT2D eigenvalue weighted by Gasteiger charge is 2.14. The Hall–Kier alpha value is -0.480. The van der Waals surface area contributed by atoms with Crippen LogP contribution in [0.4, 0.5) is 0 Å². The maximum absolute atomic E-state index is 11.7. The number of amides is 1. The summed E-state index contributed by atoms with van der Waals surface area (Å²) in [6.45, 7) is 2.78. The molecule has 90 valence electrons. The van der Waals surface area contributed by atoms with Gasteiger partial charge in [0.1, 0.15) is 0 Å². The molecular weight excluding hydrogens is 293 g/mol. The van der Waals surface area contributed by atoms with E-state index in [0.29, 0.717) is 18.0 Å². The minimum atomic E-state index is -0.174. The van der Waals surface area contributed by atoms with E-state index in [2.05, 4.69) is 28.2 Å². The van der Waals surface area contributed by atoms with Gasteiger partial charge < -0.3 is 9.73 Å². The summed E-state index contributed by atoms with van der Waals surface area (Å²) < 4.78 is 4.86. The summed E-state index contributed by atoms with van der Waals surface area (Å²) >= 11 is 9.11. The molecule has 0 bridgehead atoms. The van der Waals surface area contributed by atoms with Crippen molar-refractivity contribution in [2.75, 3.05) is 11.9 Å². The van der Waals surface area contributed by atoms with E-state index >= 15 is 0 Å². The number of carbonyl (C=O) groups is 1. The summed E-state index contributed by atoms with van der Waals surface area (Å²) in [5.74, 6) is 0.320. The minimum absolute atomic E-state index is 0.144. The highest BCUT2D eigenvalue weighted by molar-refractivity contribution is 9.09. The SMILES string of the molecule is CCC(CCBr)CNC(=O)c1ccoc1Cl. The number of alkyl halides is 1. The van der Waals surface area contributed by atoms with Gasteiger partial charge in [0.05, 0.1) is 11.8 Å². The highest BCUT2D eigenvalue weighted by Crippen LogP contribution is 2.16. The Morgan fingerprint density at radius 1 is 1.69 bits per heavy atom. The molecule has 1 atom stereocenters. The van der Waals surface area contributed by atoms with Gasteiger partial charge in [-0.15, -0.1) is 0 Å². The van der Waals surface area contributed by atoms with Crippen molar-refractivity contribution in [2.24, 2.45) is 5.92 Å². The highest BCUT2D eigenvalue weighted by atomic mass is 79.9. The lowest BCUT2D eigenvalue weighted by Crippen LogP contribution is -2.29. The molecule has 1 amide bonds. The van der Waals surface area contributed by atoms with Gasteiger partial charge in [-0.25, -0.2) is 0 Å². The quantitative estimate of drug-likeness (QED) is 0.818. The Morgan fingerprint density at radius 2 is 2.44 bits per heavy atom. The van der Waals surface area contributed by atoms with Crippen LogP contribution in [0.1, 0.15) is 30.1 Å². The lowest BCUT2D eigenvalue weighted by Gasteiger charge is -2.13. The summed E-state index contributed by atoms with van der Waals surface area (Å²) in [5.41, 5.74) is 0.398. The first-order valence-corrected chi connectivity index (χ1v) is 6.76. The van der Waals surface area contributed by atoms with E-state index in [9.17, 15) is 4.79 Å². The number of halogens is 2. The van der Waals surface area contributed by atoms with Crippen molar-refractivity contribution < 1.29 is 9.21 Å². The Morgan fingerprint density at radius 3 is 2.94 bits per heavy atom. The van der Waals surface area contributed by atoms with Crippen LogP contribution in [0.3, 0.4) is 0 Å². The molecule has 1 unspecified atom stereocenters. The van der Waals surface area contributed by atoms with Gasteiger partial charge in [0.25, 0.3) is 5.91 Å². The predicted molar refractivity (Wildman–Crippen MR) is 68.2 cm³/mol. The number of rotatable bonds is 6. The van der Waals surface area contributed by atoms with Crippen molar-refractivity contribution in [1.82, 2.24) is 5.32 Å². The molecule has 0 radical (unpaired) electrons. The number of furan rings is 1. The lowest BCUT2D eigenvalue weighted by atomic mass is 10.0. The average molecular weight is 309 g/mol. The maximum atomic E-state index is 11.7. The van der Waals surface area contributed by atoms with E-state index in [4.69, 9.17) is 16.0 Å². The molecule has 5 heteroatoms. The van der Waals surface area contributed by atoms with E-state index < -0.39 is 0 Å². The average Bonchev–Trinajstić information content (AvgIpc) is 2.70. The normalized spacial score (nSPS) is 12.4. The fraction of sp³-hybridized carbons (Fsp3) is 0.545. The van der Waals surface area contributed by atoms with Crippen molar-refractivity contribution in [3.05, 3.63) is 23.1 Å². The van der Waals surface area contributed by atoms with Gasteiger partial charge in [0.2, 0.25) is 5.22 Å². The standard InChI is InChI=1S/C11H15BrClNO2/c1-2-8(3-5-12)7-14-11(15)9-4-6-16-10(9)13/h4,6,8H,2-3,5,7H2,1H3,(H,14,15). The molecule has 1 aromatic rings. The van der Waals surface area contributed by atoms with Crippen molar-refractivity contribution in [3.8, 4) is 0 Å². The van der Waals surface area contributed by atoms with Crippen LogP contribution >= 0.6 is 27.5 Å². The second-order valence-electron chi connectivity index (χ2n) is 3.57. The van der Waals surface area contributed by atoms with Crippen LogP contribution in [0.5, 0.6) is 0 Å². The predicted octanol–water partition coefficient (Wildman–Crippen LogP) is 3.47. The minimum Gasteiger partial charge on any atom is -0.452 e. The monoisotopic (exact) mass is 307 g/mol. The number of hydrogen-bond acceptors (Lipinski definition) is 2. The van der Waals surface area contributed by atoms with Gasteiger partial charge in [-0.1, -0.05) is 29.3 Å². The number of carbonyl (C=O) groups excluding carboxylic acids is 1. The lowest BCUT2D eigenvalue weighted by molar-refractivity contribution is 0.0946. The van der Waals surface area contributed by atoms with Crippen LogP contribution in [0, 0.1) is 5.92 Å². The molecule has 1 aromatic heterocycles. The topological polar surface area (TPSA) is 42.2 Å². The van der Waals surface area contributed by atoms with Crippen LogP contribution < -0.4 is 5.32 Å². The van der Waals surface area contributed by atoms with E-state index in [-0.39, 0.29) is 11.1 Å². The third-order valence-electron chi connectivity index (χ3n) is 2.51. The van der Waals surface area contributed by atoms with Crippen molar-refractivity contribution in [3.63, 3.8) is 0 Å². The molecular formula is C11H15BrClNO2. The molecule has 16 heavy (non-hydrogen) atoms. The van der Waals surface area contributed by atoms with Gasteiger partial charge in [-0.3, -0.25) is 4.79 Å². The van der Waals surface area contributed by atoms with Crippen LogP contribution in [0.25, 0.3) is 0 Å². The molecule has 0 saturated carbocycles. The van der Waals surface area contributed by atoms with Gasteiger partial charge in [0, 0.05) is 11.9 Å². The smallest absolute Gasteiger partial charge is 0.256 e.